The molecule has 0 N–H and O–H groups in total. The number of piperazine rings is 1. The minimum atomic E-state index is -4.03. The van der Waals surface area contributed by atoms with E-state index in [0.717, 1.165) is 8.61 Å². The summed E-state index contributed by atoms with van der Waals surface area (Å²) >= 11 is 0. The monoisotopic (exact) mass is 632 g/mol. The van der Waals surface area contributed by atoms with E-state index in [0.29, 0.717) is 11.4 Å². The maximum Gasteiger partial charge on any atom is 0.264 e. The summed E-state index contributed by atoms with van der Waals surface area (Å²) in [6.07, 6.45) is 0. The number of sulfonamides is 2. The van der Waals surface area contributed by atoms with Crippen molar-refractivity contribution in [3.8, 4) is 0 Å². The summed E-state index contributed by atoms with van der Waals surface area (Å²) in [5.41, 5.74) is 0.721. The summed E-state index contributed by atoms with van der Waals surface area (Å²) in [5, 5.41) is 0. The molecule has 1 fully saturated rings. The van der Waals surface area contributed by atoms with Gasteiger partial charge in [-0.3, -0.25) is 18.2 Å². The normalized spacial score (nSPS) is 13.7. The molecule has 5 rings (SSSR count). The van der Waals surface area contributed by atoms with E-state index in [-0.39, 0.29) is 36.0 Å². The SMILES string of the molecule is O=C(CN(c1ccccc1)S(=O)(=O)c1ccccc1)N1CCN(C(=O)CN(c2ccccc2)S(=O)(=O)c2ccccc2)CC1. The molecular weight excluding hydrogens is 601 g/mol. The molecular formula is C32H32N4O6S2. The fraction of sp³-hybridized carbons (Fsp3) is 0.188. The van der Waals surface area contributed by atoms with Gasteiger partial charge in [0.2, 0.25) is 11.8 Å². The van der Waals surface area contributed by atoms with Gasteiger partial charge in [0.05, 0.1) is 21.2 Å². The molecule has 0 radical (unpaired) electrons. The van der Waals surface area contributed by atoms with E-state index in [1.165, 1.54) is 34.1 Å². The van der Waals surface area contributed by atoms with Crippen molar-refractivity contribution in [1.29, 1.82) is 0 Å². The number of benzene rings is 4. The average molecular weight is 633 g/mol. The van der Waals surface area contributed by atoms with Gasteiger partial charge in [-0.15, -0.1) is 0 Å². The predicted molar refractivity (Wildman–Crippen MR) is 168 cm³/mol. The third-order valence-corrected chi connectivity index (χ3v) is 10.9. The summed E-state index contributed by atoms with van der Waals surface area (Å²) < 4.78 is 56.4. The van der Waals surface area contributed by atoms with E-state index in [4.69, 9.17) is 0 Å². The third kappa shape index (κ3) is 6.76. The molecule has 0 aliphatic carbocycles. The number of para-hydroxylation sites is 2. The molecule has 228 valence electrons. The van der Waals surface area contributed by atoms with E-state index in [2.05, 4.69) is 0 Å². The molecule has 4 aromatic carbocycles. The second-order valence-corrected chi connectivity index (χ2v) is 13.8. The van der Waals surface area contributed by atoms with Crippen molar-refractivity contribution in [3.63, 3.8) is 0 Å². The molecule has 0 spiro atoms. The second-order valence-electron chi connectivity index (χ2n) is 10.1. The Bertz CT molecular complexity index is 1650. The molecule has 0 saturated carbocycles. The van der Waals surface area contributed by atoms with E-state index >= 15 is 0 Å². The van der Waals surface area contributed by atoms with Crippen LogP contribution in [0.4, 0.5) is 11.4 Å². The third-order valence-electron chi connectivity index (χ3n) is 7.29. The van der Waals surface area contributed by atoms with E-state index in [1.54, 1.807) is 97.1 Å². The lowest BCUT2D eigenvalue weighted by atomic mass is 10.2. The Kier molecular flexibility index (Phi) is 9.31. The number of anilines is 2. The van der Waals surface area contributed by atoms with Crippen LogP contribution in [0.3, 0.4) is 0 Å². The van der Waals surface area contributed by atoms with Crippen molar-refractivity contribution in [2.75, 3.05) is 47.9 Å². The van der Waals surface area contributed by atoms with Crippen LogP contribution in [0.2, 0.25) is 0 Å². The highest BCUT2D eigenvalue weighted by molar-refractivity contribution is 7.93. The van der Waals surface area contributed by atoms with Gasteiger partial charge < -0.3 is 9.80 Å². The van der Waals surface area contributed by atoms with Crippen molar-refractivity contribution in [2.45, 2.75) is 9.79 Å². The van der Waals surface area contributed by atoms with Crippen LogP contribution in [0.1, 0.15) is 0 Å². The Hall–Kier alpha value is -4.68. The molecule has 12 heteroatoms. The van der Waals surface area contributed by atoms with E-state index in [9.17, 15) is 26.4 Å². The molecule has 2 amide bonds. The smallest absolute Gasteiger partial charge is 0.264 e. The Morgan fingerprint density at radius 2 is 0.750 bits per heavy atom. The van der Waals surface area contributed by atoms with Gasteiger partial charge in [0.1, 0.15) is 13.1 Å². The van der Waals surface area contributed by atoms with Crippen LogP contribution in [0, 0.1) is 0 Å². The Morgan fingerprint density at radius 3 is 1.05 bits per heavy atom. The van der Waals surface area contributed by atoms with Gasteiger partial charge in [-0.1, -0.05) is 72.8 Å². The number of amides is 2. The van der Waals surface area contributed by atoms with Gasteiger partial charge in [0, 0.05) is 26.2 Å². The van der Waals surface area contributed by atoms with Crippen LogP contribution in [0.25, 0.3) is 0 Å². The molecule has 1 aliphatic heterocycles. The molecule has 1 aliphatic rings. The highest BCUT2D eigenvalue weighted by Crippen LogP contribution is 2.25. The zero-order chi connectivity index (χ0) is 31.2. The maximum absolute atomic E-state index is 13.5. The predicted octanol–water partition coefficient (Wildman–Crippen LogP) is 3.45. The van der Waals surface area contributed by atoms with Crippen molar-refractivity contribution >= 4 is 43.2 Å². The second kappa shape index (κ2) is 13.3. The quantitative estimate of drug-likeness (QED) is 0.265. The summed E-state index contributed by atoms with van der Waals surface area (Å²) in [7, 11) is -8.06. The van der Waals surface area contributed by atoms with Crippen molar-refractivity contribution < 1.29 is 26.4 Å². The molecule has 0 bridgehead atoms. The number of hydrogen-bond acceptors (Lipinski definition) is 6. The fourth-order valence-electron chi connectivity index (χ4n) is 4.91. The number of carbonyl (C=O) groups is 2. The minimum absolute atomic E-state index is 0.0699. The zero-order valence-electron chi connectivity index (χ0n) is 23.8. The van der Waals surface area contributed by atoms with Crippen LogP contribution in [0.5, 0.6) is 0 Å². The highest BCUT2D eigenvalue weighted by atomic mass is 32.2. The number of rotatable bonds is 10. The van der Waals surface area contributed by atoms with Crippen LogP contribution in [0.15, 0.2) is 131 Å². The molecule has 1 saturated heterocycles. The van der Waals surface area contributed by atoms with Crippen LogP contribution < -0.4 is 8.61 Å². The standard InChI is InChI=1S/C32H32N4O6S2/c37-31(25-35(27-13-5-1-6-14-27)43(39,40)29-17-9-3-10-18-29)33-21-23-34(24-22-33)32(38)26-36(28-15-7-2-8-16-28)44(41,42)30-19-11-4-12-20-30/h1-20H,21-26H2. The Labute approximate surface area is 257 Å². The van der Waals surface area contributed by atoms with Crippen LogP contribution in [-0.4, -0.2) is 77.7 Å². The van der Waals surface area contributed by atoms with Gasteiger partial charge in [-0.2, -0.15) is 0 Å². The zero-order valence-corrected chi connectivity index (χ0v) is 25.5. The highest BCUT2D eigenvalue weighted by Gasteiger charge is 2.33. The first-order valence-electron chi connectivity index (χ1n) is 14.0. The lowest BCUT2D eigenvalue weighted by molar-refractivity contribution is -0.137. The Morgan fingerprint density at radius 1 is 0.477 bits per heavy atom. The lowest BCUT2D eigenvalue weighted by Gasteiger charge is -2.37. The van der Waals surface area contributed by atoms with Gasteiger partial charge in [0.25, 0.3) is 20.0 Å². The van der Waals surface area contributed by atoms with Crippen molar-refractivity contribution in [2.24, 2.45) is 0 Å². The van der Waals surface area contributed by atoms with E-state index < -0.39 is 45.0 Å². The molecule has 10 nitrogen and oxygen atoms in total. The molecule has 1 heterocycles. The van der Waals surface area contributed by atoms with Gasteiger partial charge in [-0.05, 0) is 48.5 Å². The first kappa shape index (κ1) is 30.8. The molecule has 4 aromatic rings. The topological polar surface area (TPSA) is 115 Å². The van der Waals surface area contributed by atoms with Crippen molar-refractivity contribution in [1.82, 2.24) is 9.80 Å². The molecule has 0 atom stereocenters. The summed E-state index contributed by atoms with van der Waals surface area (Å²) in [4.78, 5) is 30.0. The van der Waals surface area contributed by atoms with E-state index in [1.807, 2.05) is 0 Å². The van der Waals surface area contributed by atoms with Gasteiger partial charge in [0.15, 0.2) is 0 Å². The van der Waals surface area contributed by atoms with Crippen molar-refractivity contribution in [3.05, 3.63) is 121 Å². The van der Waals surface area contributed by atoms with Gasteiger partial charge in [-0.25, -0.2) is 16.8 Å². The first-order chi connectivity index (χ1) is 21.2. The number of nitrogens with zero attached hydrogens (tertiary/aromatic N) is 4. The summed E-state index contributed by atoms with van der Waals surface area (Å²) in [6, 6.07) is 32.7. The average Bonchev–Trinajstić information content (AvgIpc) is 3.07. The van der Waals surface area contributed by atoms with Crippen LogP contribution in [-0.2, 0) is 29.6 Å². The summed E-state index contributed by atoms with van der Waals surface area (Å²) in [5.74, 6) is -0.809. The molecule has 0 unspecified atom stereocenters. The number of carbonyl (C=O) groups excluding carboxylic acids is 2. The van der Waals surface area contributed by atoms with Crippen LogP contribution >= 0.6 is 0 Å². The molecule has 0 aromatic heterocycles. The molecule has 44 heavy (non-hydrogen) atoms. The lowest BCUT2D eigenvalue weighted by Crippen LogP contribution is -2.55. The largest absolute Gasteiger partial charge is 0.338 e. The maximum atomic E-state index is 13.5. The minimum Gasteiger partial charge on any atom is -0.338 e. The Balaban J connectivity index is 1.28. The first-order valence-corrected chi connectivity index (χ1v) is 16.9. The van der Waals surface area contributed by atoms with Gasteiger partial charge >= 0.3 is 0 Å². The summed E-state index contributed by atoms with van der Waals surface area (Å²) in [6.45, 7) is -0.117. The number of hydrogen-bond donors (Lipinski definition) is 0. The fourth-order valence-corrected chi connectivity index (χ4v) is 7.78.